The average molecular weight is 387 g/mol. The number of fused-ring (bicyclic) bond motifs is 1. The topological polar surface area (TPSA) is 85.4 Å². The third-order valence-corrected chi connectivity index (χ3v) is 5.06. The van der Waals surface area contributed by atoms with E-state index in [1.165, 1.54) is 31.5 Å². The quantitative estimate of drug-likeness (QED) is 0.641. The molecular formula is C20H16ClFN2O3. The molecule has 1 aliphatic carbocycles. The third kappa shape index (κ3) is 2.96. The minimum absolute atomic E-state index is 0.00614. The smallest absolute Gasteiger partial charge is 0.176 e. The number of aromatic hydroxyl groups is 1. The maximum atomic E-state index is 14.7. The molecule has 1 heterocycles. The van der Waals surface area contributed by atoms with E-state index in [0.717, 1.165) is 12.8 Å². The summed E-state index contributed by atoms with van der Waals surface area (Å²) in [5, 5.41) is 10.4. The van der Waals surface area contributed by atoms with Crippen LogP contribution < -0.4 is 10.5 Å². The highest BCUT2D eigenvalue weighted by Gasteiger charge is 2.32. The average Bonchev–Trinajstić information content (AvgIpc) is 3.48. The lowest BCUT2D eigenvalue weighted by atomic mass is 9.98. The Labute approximate surface area is 159 Å². The summed E-state index contributed by atoms with van der Waals surface area (Å²) in [5.74, 6) is -0.642. The normalized spacial score (nSPS) is 13.7. The number of hydrogen-bond donors (Lipinski definition) is 2. The van der Waals surface area contributed by atoms with E-state index in [9.17, 15) is 14.3 Å². The summed E-state index contributed by atoms with van der Waals surface area (Å²) in [7, 11) is 1.38. The Bertz CT molecular complexity index is 1100. The van der Waals surface area contributed by atoms with Crippen LogP contribution in [0.15, 0.2) is 30.5 Å². The van der Waals surface area contributed by atoms with Gasteiger partial charge < -0.3 is 15.6 Å². The van der Waals surface area contributed by atoms with Gasteiger partial charge in [0, 0.05) is 29.1 Å². The highest BCUT2D eigenvalue weighted by atomic mass is 35.5. The van der Waals surface area contributed by atoms with Gasteiger partial charge in [0.2, 0.25) is 0 Å². The van der Waals surface area contributed by atoms with Crippen molar-refractivity contribution < 1.29 is 19.0 Å². The first-order valence-electron chi connectivity index (χ1n) is 8.39. The van der Waals surface area contributed by atoms with Gasteiger partial charge in [-0.25, -0.2) is 4.39 Å². The van der Waals surface area contributed by atoms with Crippen molar-refractivity contribution >= 4 is 34.0 Å². The summed E-state index contributed by atoms with van der Waals surface area (Å²) in [4.78, 5) is 16.6. The van der Waals surface area contributed by atoms with Crippen LogP contribution in [-0.2, 0) is 0 Å². The van der Waals surface area contributed by atoms with Gasteiger partial charge in [0.1, 0.15) is 5.82 Å². The number of phenolic OH excluding ortho intramolecular Hbond substituents is 1. The van der Waals surface area contributed by atoms with Crippen molar-refractivity contribution in [2.75, 3.05) is 12.8 Å². The molecule has 5 nitrogen and oxygen atoms in total. The lowest BCUT2D eigenvalue weighted by Gasteiger charge is -2.12. The molecule has 4 rings (SSSR count). The molecule has 138 valence electrons. The van der Waals surface area contributed by atoms with Gasteiger partial charge in [-0.3, -0.25) is 9.78 Å². The number of ether oxygens (including phenoxy) is 1. The number of halogens is 2. The number of carbonyl (C=O) groups is 1. The molecule has 2 aromatic carbocycles. The van der Waals surface area contributed by atoms with Crippen molar-refractivity contribution in [3.8, 4) is 22.6 Å². The number of methoxy groups -OCH3 is 1. The second kappa shape index (κ2) is 6.39. The molecule has 0 unspecified atom stereocenters. The number of rotatable bonds is 4. The standard InChI is InChI=1S/C20H16ClFN2O3/c1-27-17-5-10(4-14(21)20(17)26)11-6-12-16(7-15(11)22)24-8-13(18(12)23)19(25)9-2-3-9/h4-9,26H,2-3H2,1H3,(H2,23,24). The van der Waals surface area contributed by atoms with Gasteiger partial charge in [0.15, 0.2) is 17.3 Å². The molecule has 27 heavy (non-hydrogen) atoms. The molecule has 1 fully saturated rings. The van der Waals surface area contributed by atoms with Crippen LogP contribution in [0.25, 0.3) is 22.0 Å². The molecule has 0 radical (unpaired) electrons. The van der Waals surface area contributed by atoms with Crippen molar-refractivity contribution in [2.45, 2.75) is 12.8 Å². The molecule has 3 aromatic rings. The summed E-state index contributed by atoms with van der Waals surface area (Å²) in [6.07, 6.45) is 3.13. The number of nitrogen functional groups attached to an aromatic ring is 1. The number of pyridine rings is 1. The highest BCUT2D eigenvalue weighted by Crippen LogP contribution is 2.41. The number of benzene rings is 2. The summed E-state index contributed by atoms with van der Waals surface area (Å²) in [6, 6.07) is 5.72. The maximum Gasteiger partial charge on any atom is 0.176 e. The van der Waals surface area contributed by atoms with Gasteiger partial charge in [-0.05, 0) is 36.6 Å². The van der Waals surface area contributed by atoms with E-state index < -0.39 is 5.82 Å². The Kier molecular flexibility index (Phi) is 4.15. The maximum absolute atomic E-state index is 14.7. The molecule has 0 atom stereocenters. The Morgan fingerprint density at radius 1 is 1.33 bits per heavy atom. The minimum atomic E-state index is -0.528. The van der Waals surface area contributed by atoms with Crippen LogP contribution in [0, 0.1) is 11.7 Å². The molecule has 0 spiro atoms. The number of carbonyl (C=O) groups excluding carboxylic acids is 1. The Hall–Kier alpha value is -2.86. The van der Waals surface area contributed by atoms with Crippen LogP contribution in [0.4, 0.5) is 10.1 Å². The fourth-order valence-electron chi connectivity index (χ4n) is 3.10. The molecule has 3 N–H and O–H groups in total. The summed E-state index contributed by atoms with van der Waals surface area (Å²) < 4.78 is 19.8. The first-order chi connectivity index (χ1) is 12.9. The van der Waals surface area contributed by atoms with Gasteiger partial charge >= 0.3 is 0 Å². The van der Waals surface area contributed by atoms with Crippen molar-refractivity contribution in [3.63, 3.8) is 0 Å². The molecule has 1 aliphatic rings. The van der Waals surface area contributed by atoms with Crippen molar-refractivity contribution in [3.05, 3.63) is 46.9 Å². The summed E-state index contributed by atoms with van der Waals surface area (Å²) >= 11 is 6.02. The van der Waals surface area contributed by atoms with Crippen molar-refractivity contribution in [1.82, 2.24) is 4.98 Å². The number of aromatic nitrogens is 1. The van der Waals surface area contributed by atoms with Crippen LogP contribution in [0.5, 0.6) is 11.5 Å². The second-order valence-electron chi connectivity index (χ2n) is 6.58. The SMILES string of the molecule is COc1cc(-c2cc3c(N)c(C(=O)C4CC4)cnc3cc2F)cc(Cl)c1O. The Morgan fingerprint density at radius 3 is 2.74 bits per heavy atom. The fraction of sp³-hybridized carbons (Fsp3) is 0.200. The molecule has 1 aromatic heterocycles. The van der Waals surface area contributed by atoms with Crippen LogP contribution in [0.2, 0.25) is 5.02 Å². The fourth-order valence-corrected chi connectivity index (χ4v) is 3.31. The van der Waals surface area contributed by atoms with Crippen LogP contribution in [0.3, 0.4) is 0 Å². The predicted octanol–water partition coefficient (Wildman–Crippen LogP) is 4.58. The zero-order valence-corrected chi connectivity index (χ0v) is 15.2. The largest absolute Gasteiger partial charge is 0.503 e. The molecule has 0 amide bonds. The van der Waals surface area contributed by atoms with Gasteiger partial charge in [-0.15, -0.1) is 0 Å². The van der Waals surface area contributed by atoms with E-state index in [1.54, 1.807) is 6.07 Å². The lowest BCUT2D eigenvalue weighted by molar-refractivity contribution is 0.0968. The van der Waals surface area contributed by atoms with Crippen LogP contribution in [0.1, 0.15) is 23.2 Å². The lowest BCUT2D eigenvalue weighted by Crippen LogP contribution is -2.07. The summed E-state index contributed by atoms with van der Waals surface area (Å²) in [6.45, 7) is 0. The Morgan fingerprint density at radius 2 is 2.07 bits per heavy atom. The Balaban J connectivity index is 1.91. The summed E-state index contributed by atoms with van der Waals surface area (Å²) in [5.41, 5.74) is 7.85. The monoisotopic (exact) mass is 386 g/mol. The molecule has 1 saturated carbocycles. The highest BCUT2D eigenvalue weighted by molar-refractivity contribution is 6.32. The number of Topliss-reactive ketones (excluding diaryl/α,β-unsaturated/α-hetero) is 1. The number of hydrogen-bond acceptors (Lipinski definition) is 5. The van der Waals surface area contributed by atoms with Crippen molar-refractivity contribution in [1.29, 1.82) is 0 Å². The first kappa shape index (κ1) is 17.5. The van der Waals surface area contributed by atoms with E-state index in [1.807, 2.05) is 0 Å². The molecule has 7 heteroatoms. The zero-order valence-electron chi connectivity index (χ0n) is 14.4. The number of nitrogens with two attached hydrogens (primary N) is 1. The number of anilines is 1. The van der Waals surface area contributed by atoms with E-state index in [4.69, 9.17) is 22.1 Å². The number of ketones is 1. The van der Waals surface area contributed by atoms with E-state index >= 15 is 0 Å². The zero-order chi connectivity index (χ0) is 19.3. The first-order valence-corrected chi connectivity index (χ1v) is 8.77. The van der Waals surface area contributed by atoms with Crippen LogP contribution >= 0.6 is 11.6 Å². The molecule has 0 bridgehead atoms. The van der Waals surface area contributed by atoms with E-state index in [0.29, 0.717) is 22.0 Å². The second-order valence-corrected chi connectivity index (χ2v) is 6.99. The van der Waals surface area contributed by atoms with E-state index in [-0.39, 0.29) is 39.5 Å². The van der Waals surface area contributed by atoms with Gasteiger partial charge in [-0.2, -0.15) is 0 Å². The van der Waals surface area contributed by atoms with Crippen LogP contribution in [-0.4, -0.2) is 23.0 Å². The van der Waals surface area contributed by atoms with Gasteiger partial charge in [0.05, 0.1) is 28.9 Å². The number of phenols is 1. The van der Waals surface area contributed by atoms with Crippen molar-refractivity contribution in [2.24, 2.45) is 5.92 Å². The number of nitrogens with zero attached hydrogens (tertiary/aromatic N) is 1. The van der Waals surface area contributed by atoms with Gasteiger partial charge in [0.25, 0.3) is 0 Å². The van der Waals surface area contributed by atoms with E-state index in [2.05, 4.69) is 4.98 Å². The molecular weight excluding hydrogens is 371 g/mol. The molecule has 0 aliphatic heterocycles. The molecule has 0 saturated heterocycles. The minimum Gasteiger partial charge on any atom is -0.503 e. The third-order valence-electron chi connectivity index (χ3n) is 4.77. The predicted molar refractivity (Wildman–Crippen MR) is 102 cm³/mol. The van der Waals surface area contributed by atoms with Gasteiger partial charge in [-0.1, -0.05) is 11.6 Å².